The van der Waals surface area contributed by atoms with Crippen molar-refractivity contribution in [3.05, 3.63) is 6.42 Å². The number of amides is 1. The fourth-order valence-electron chi connectivity index (χ4n) is 1.41. The molecule has 61 valence electrons. The van der Waals surface area contributed by atoms with E-state index in [-0.39, 0.29) is 12.0 Å². The van der Waals surface area contributed by atoms with E-state index in [0.717, 1.165) is 32.5 Å². The summed E-state index contributed by atoms with van der Waals surface area (Å²) in [5.41, 5.74) is 0. The number of ether oxygens (including phenoxy) is 1. The van der Waals surface area contributed by atoms with Gasteiger partial charge in [0.1, 0.15) is 6.10 Å². The maximum Gasteiger partial charge on any atom is 0.251 e. The van der Waals surface area contributed by atoms with Gasteiger partial charge in [-0.3, -0.25) is 4.79 Å². The summed E-state index contributed by atoms with van der Waals surface area (Å²) in [5, 5.41) is 0. The summed E-state index contributed by atoms with van der Waals surface area (Å²) in [5.74, 6) is 0.185. The second-order valence-electron chi connectivity index (χ2n) is 3.03. The highest BCUT2D eigenvalue weighted by Gasteiger charge is 2.30. The summed E-state index contributed by atoms with van der Waals surface area (Å²) in [6, 6.07) is 0. The molecule has 0 saturated carbocycles. The average Bonchev–Trinajstić information content (AvgIpc) is 2.32. The SMILES string of the molecule is O=C(C1CCCO1)N1C[CH]C1. The summed E-state index contributed by atoms with van der Waals surface area (Å²) >= 11 is 0. The van der Waals surface area contributed by atoms with Gasteiger partial charge in [0.15, 0.2) is 0 Å². The normalized spacial score (nSPS) is 30.2. The van der Waals surface area contributed by atoms with Gasteiger partial charge in [-0.2, -0.15) is 0 Å². The third-order valence-electron chi connectivity index (χ3n) is 2.22. The molecule has 1 unspecified atom stereocenters. The van der Waals surface area contributed by atoms with Crippen LogP contribution in [-0.4, -0.2) is 36.6 Å². The second-order valence-corrected chi connectivity index (χ2v) is 3.03. The molecule has 1 radical (unpaired) electrons. The Morgan fingerprint density at radius 2 is 2.36 bits per heavy atom. The van der Waals surface area contributed by atoms with Gasteiger partial charge in [0.2, 0.25) is 0 Å². The Morgan fingerprint density at radius 3 is 2.82 bits per heavy atom. The molecule has 1 amide bonds. The van der Waals surface area contributed by atoms with E-state index in [0.29, 0.717) is 0 Å². The third kappa shape index (κ3) is 1.25. The number of carbonyl (C=O) groups excluding carboxylic acids is 1. The van der Waals surface area contributed by atoms with Crippen molar-refractivity contribution >= 4 is 5.91 Å². The van der Waals surface area contributed by atoms with Crippen LogP contribution in [0.5, 0.6) is 0 Å². The molecule has 0 aliphatic carbocycles. The van der Waals surface area contributed by atoms with E-state index in [1.807, 2.05) is 4.90 Å². The molecular formula is C8H12NO2. The summed E-state index contributed by atoms with van der Waals surface area (Å²) in [7, 11) is 0. The third-order valence-corrected chi connectivity index (χ3v) is 2.22. The van der Waals surface area contributed by atoms with E-state index < -0.39 is 0 Å². The van der Waals surface area contributed by atoms with E-state index in [2.05, 4.69) is 6.42 Å². The zero-order valence-electron chi connectivity index (χ0n) is 6.45. The molecule has 2 fully saturated rings. The number of rotatable bonds is 1. The van der Waals surface area contributed by atoms with Crippen molar-refractivity contribution in [1.82, 2.24) is 4.90 Å². The topological polar surface area (TPSA) is 29.5 Å². The number of carbonyl (C=O) groups is 1. The Balaban J connectivity index is 1.87. The van der Waals surface area contributed by atoms with E-state index in [1.165, 1.54) is 0 Å². The van der Waals surface area contributed by atoms with Gasteiger partial charge in [-0.15, -0.1) is 0 Å². The molecule has 2 heterocycles. The van der Waals surface area contributed by atoms with Crippen LogP contribution in [0.4, 0.5) is 0 Å². The van der Waals surface area contributed by atoms with Crippen molar-refractivity contribution in [2.24, 2.45) is 0 Å². The molecule has 2 rings (SSSR count). The van der Waals surface area contributed by atoms with Crippen LogP contribution in [0.3, 0.4) is 0 Å². The maximum absolute atomic E-state index is 11.4. The molecule has 0 spiro atoms. The van der Waals surface area contributed by atoms with Crippen molar-refractivity contribution in [1.29, 1.82) is 0 Å². The Bertz CT molecular complexity index is 159. The molecule has 0 aromatic carbocycles. The van der Waals surface area contributed by atoms with Crippen LogP contribution in [-0.2, 0) is 9.53 Å². The Morgan fingerprint density at radius 1 is 1.55 bits per heavy atom. The predicted octanol–water partition coefficient (Wildman–Crippen LogP) is 0.212. The van der Waals surface area contributed by atoms with Gasteiger partial charge in [0, 0.05) is 26.1 Å². The van der Waals surface area contributed by atoms with E-state index in [4.69, 9.17) is 4.74 Å². The molecule has 1 atom stereocenters. The van der Waals surface area contributed by atoms with Crippen molar-refractivity contribution in [3.8, 4) is 0 Å². The molecule has 0 N–H and O–H groups in total. The smallest absolute Gasteiger partial charge is 0.251 e. The molecule has 11 heavy (non-hydrogen) atoms. The number of hydrogen-bond acceptors (Lipinski definition) is 2. The van der Waals surface area contributed by atoms with Crippen molar-refractivity contribution in [2.75, 3.05) is 19.7 Å². The highest BCUT2D eigenvalue weighted by atomic mass is 16.5. The highest BCUT2D eigenvalue weighted by molar-refractivity contribution is 5.82. The zero-order chi connectivity index (χ0) is 7.68. The summed E-state index contributed by atoms with van der Waals surface area (Å²) in [6.45, 7) is 2.39. The van der Waals surface area contributed by atoms with Crippen LogP contribution < -0.4 is 0 Å². The maximum atomic E-state index is 11.4. The minimum atomic E-state index is -0.122. The molecule has 0 aromatic rings. The lowest BCUT2D eigenvalue weighted by molar-refractivity contribution is -0.142. The van der Waals surface area contributed by atoms with E-state index in [1.54, 1.807) is 0 Å². The van der Waals surface area contributed by atoms with Gasteiger partial charge in [-0.1, -0.05) is 0 Å². The Hall–Kier alpha value is -0.570. The lowest BCUT2D eigenvalue weighted by Crippen LogP contribution is -2.47. The van der Waals surface area contributed by atoms with Crippen LogP contribution in [0.25, 0.3) is 0 Å². The van der Waals surface area contributed by atoms with E-state index in [9.17, 15) is 4.79 Å². The molecule has 2 saturated heterocycles. The molecule has 2 aliphatic rings. The molecule has 0 bridgehead atoms. The fourth-order valence-corrected chi connectivity index (χ4v) is 1.41. The van der Waals surface area contributed by atoms with Crippen molar-refractivity contribution < 1.29 is 9.53 Å². The molecule has 3 heteroatoms. The summed E-state index contributed by atoms with van der Waals surface area (Å²) in [6.07, 6.45) is 3.92. The molecular weight excluding hydrogens is 142 g/mol. The predicted molar refractivity (Wildman–Crippen MR) is 39.9 cm³/mol. The van der Waals surface area contributed by atoms with Crippen LogP contribution in [0, 0.1) is 6.42 Å². The first-order valence-electron chi connectivity index (χ1n) is 4.10. The van der Waals surface area contributed by atoms with Crippen molar-refractivity contribution in [2.45, 2.75) is 18.9 Å². The summed E-state index contributed by atoms with van der Waals surface area (Å²) in [4.78, 5) is 13.2. The van der Waals surface area contributed by atoms with Gasteiger partial charge in [0.25, 0.3) is 5.91 Å². The quantitative estimate of drug-likeness (QED) is 0.540. The Kier molecular flexibility index (Phi) is 1.82. The second kappa shape index (κ2) is 2.81. The van der Waals surface area contributed by atoms with Crippen LogP contribution in [0.2, 0.25) is 0 Å². The molecule has 0 aromatic heterocycles. The van der Waals surface area contributed by atoms with Crippen LogP contribution in [0.15, 0.2) is 0 Å². The lowest BCUT2D eigenvalue weighted by Gasteiger charge is -2.32. The highest BCUT2D eigenvalue weighted by Crippen LogP contribution is 2.17. The van der Waals surface area contributed by atoms with E-state index >= 15 is 0 Å². The largest absolute Gasteiger partial charge is 0.368 e. The number of hydrogen-bond donors (Lipinski definition) is 0. The number of likely N-dealkylation sites (tertiary alicyclic amines) is 1. The lowest BCUT2D eigenvalue weighted by atomic mass is 10.1. The molecule has 2 aliphatic heterocycles. The monoisotopic (exact) mass is 154 g/mol. The zero-order valence-corrected chi connectivity index (χ0v) is 6.45. The van der Waals surface area contributed by atoms with Gasteiger partial charge < -0.3 is 9.64 Å². The van der Waals surface area contributed by atoms with Crippen LogP contribution >= 0.6 is 0 Å². The standard InChI is InChI=1S/C8H12NO2/c10-8(9-4-2-5-9)7-3-1-6-11-7/h2,7H,1,3-6H2. The first kappa shape index (κ1) is 7.10. The van der Waals surface area contributed by atoms with Gasteiger partial charge in [-0.25, -0.2) is 0 Å². The van der Waals surface area contributed by atoms with Gasteiger partial charge in [0.05, 0.1) is 0 Å². The molecule has 3 nitrogen and oxygen atoms in total. The first-order chi connectivity index (χ1) is 5.38. The van der Waals surface area contributed by atoms with Crippen molar-refractivity contribution in [3.63, 3.8) is 0 Å². The van der Waals surface area contributed by atoms with Gasteiger partial charge in [-0.05, 0) is 12.8 Å². The first-order valence-corrected chi connectivity index (χ1v) is 4.10. The Labute approximate surface area is 66.3 Å². The average molecular weight is 154 g/mol. The minimum absolute atomic E-state index is 0.122. The minimum Gasteiger partial charge on any atom is -0.368 e. The number of nitrogens with zero attached hydrogens (tertiary/aromatic N) is 1. The van der Waals surface area contributed by atoms with Gasteiger partial charge >= 0.3 is 0 Å². The fraction of sp³-hybridized carbons (Fsp3) is 0.750. The van der Waals surface area contributed by atoms with Crippen LogP contribution in [0.1, 0.15) is 12.8 Å². The summed E-state index contributed by atoms with van der Waals surface area (Å²) < 4.78 is 5.27.